The van der Waals surface area contributed by atoms with Crippen LogP contribution in [0.15, 0.2) is 18.3 Å². The monoisotopic (exact) mass is 306 g/mol. The van der Waals surface area contributed by atoms with Crippen LogP contribution in [0, 0.1) is 13.8 Å². The maximum atomic E-state index is 12.2. The van der Waals surface area contributed by atoms with Crippen LogP contribution < -0.4 is 5.32 Å². The first-order chi connectivity index (χ1) is 9.88. The Morgan fingerprint density at radius 2 is 2.19 bits per heavy atom. The second kappa shape index (κ2) is 6.30. The third-order valence-electron chi connectivity index (χ3n) is 3.62. The number of carbonyl (C=O) groups excluding carboxylic acids is 1. The maximum absolute atomic E-state index is 12.2. The average molecular weight is 306 g/mol. The van der Waals surface area contributed by atoms with Crippen LogP contribution in [-0.2, 0) is 13.6 Å². The van der Waals surface area contributed by atoms with Crippen molar-refractivity contribution in [2.45, 2.75) is 33.4 Å². The van der Waals surface area contributed by atoms with Crippen LogP contribution in [0.4, 0.5) is 4.79 Å². The van der Waals surface area contributed by atoms with Gasteiger partial charge in [0.15, 0.2) is 0 Å². The second-order valence-electron chi connectivity index (χ2n) is 5.35. The van der Waals surface area contributed by atoms with Crippen molar-refractivity contribution in [2.75, 3.05) is 7.05 Å². The fourth-order valence-corrected chi connectivity index (χ4v) is 3.13. The normalized spacial score (nSPS) is 12.2. The topological polar surface area (TPSA) is 50.2 Å². The molecule has 0 radical (unpaired) electrons. The lowest BCUT2D eigenvalue weighted by atomic mass is 10.1. The van der Waals surface area contributed by atoms with Crippen molar-refractivity contribution in [3.05, 3.63) is 39.3 Å². The predicted molar refractivity (Wildman–Crippen MR) is 85.4 cm³/mol. The molecule has 21 heavy (non-hydrogen) atoms. The van der Waals surface area contributed by atoms with E-state index in [0.29, 0.717) is 6.54 Å². The Bertz CT molecular complexity index is 631. The van der Waals surface area contributed by atoms with Gasteiger partial charge in [0.25, 0.3) is 0 Å². The van der Waals surface area contributed by atoms with E-state index in [9.17, 15) is 4.79 Å². The van der Waals surface area contributed by atoms with Gasteiger partial charge in [0, 0.05) is 35.1 Å². The van der Waals surface area contributed by atoms with E-state index in [-0.39, 0.29) is 12.1 Å². The van der Waals surface area contributed by atoms with E-state index in [1.54, 1.807) is 16.2 Å². The number of nitrogens with one attached hydrogen (secondary N) is 1. The summed E-state index contributed by atoms with van der Waals surface area (Å²) >= 11 is 1.72. The molecule has 6 heteroatoms. The molecule has 0 aliphatic rings. The van der Waals surface area contributed by atoms with Gasteiger partial charge in [-0.3, -0.25) is 4.68 Å². The number of nitrogens with zero attached hydrogens (tertiary/aromatic N) is 3. The van der Waals surface area contributed by atoms with Crippen molar-refractivity contribution >= 4 is 17.4 Å². The predicted octanol–water partition coefficient (Wildman–Crippen LogP) is 3.00. The minimum Gasteiger partial charge on any atom is -0.331 e. The molecule has 1 atom stereocenters. The van der Waals surface area contributed by atoms with Gasteiger partial charge in [-0.15, -0.1) is 11.3 Å². The van der Waals surface area contributed by atoms with Crippen molar-refractivity contribution < 1.29 is 4.79 Å². The van der Waals surface area contributed by atoms with Crippen LogP contribution in [0.25, 0.3) is 0 Å². The van der Waals surface area contributed by atoms with Crippen molar-refractivity contribution in [1.82, 2.24) is 20.0 Å². The molecule has 0 fully saturated rings. The van der Waals surface area contributed by atoms with E-state index < -0.39 is 0 Å². The molecule has 1 unspecified atom stereocenters. The molecule has 2 heterocycles. The molecular formula is C15H22N4OS. The zero-order chi connectivity index (χ0) is 15.6. The number of thiophene rings is 1. The van der Waals surface area contributed by atoms with Gasteiger partial charge >= 0.3 is 6.03 Å². The van der Waals surface area contributed by atoms with Crippen LogP contribution in [0.2, 0.25) is 0 Å². The van der Waals surface area contributed by atoms with Crippen molar-refractivity contribution in [3.63, 3.8) is 0 Å². The maximum Gasteiger partial charge on any atom is 0.317 e. The number of urea groups is 1. The molecule has 2 rings (SSSR count). The molecule has 2 aromatic rings. The summed E-state index contributed by atoms with van der Waals surface area (Å²) in [5, 5.41) is 7.23. The molecule has 2 aromatic heterocycles. The van der Waals surface area contributed by atoms with E-state index in [1.165, 1.54) is 9.75 Å². The molecule has 0 aliphatic carbocycles. The first-order valence-corrected chi connectivity index (χ1v) is 7.75. The third-order valence-corrected chi connectivity index (χ3v) is 4.60. The third kappa shape index (κ3) is 3.64. The number of hydrogen-bond donors (Lipinski definition) is 1. The van der Waals surface area contributed by atoms with Gasteiger partial charge in [-0.2, -0.15) is 5.10 Å². The average Bonchev–Trinajstić information content (AvgIpc) is 2.97. The number of aromatic nitrogens is 2. The Labute approximate surface area is 129 Å². The van der Waals surface area contributed by atoms with Crippen molar-refractivity contribution in [2.24, 2.45) is 7.05 Å². The molecule has 0 saturated heterocycles. The standard InChI is InChI=1S/C15H22N4OS/c1-10-6-7-13(21-10)9-18(4)15(20)17-11(2)14-8-16-19(5)12(14)3/h6-8,11H,9H2,1-5H3,(H,17,20). The second-order valence-corrected chi connectivity index (χ2v) is 6.72. The summed E-state index contributed by atoms with van der Waals surface area (Å²) in [5.74, 6) is 0. The van der Waals surface area contributed by atoms with Gasteiger partial charge in [0.1, 0.15) is 0 Å². The summed E-state index contributed by atoms with van der Waals surface area (Å²) < 4.78 is 1.82. The molecule has 0 aromatic carbocycles. The summed E-state index contributed by atoms with van der Waals surface area (Å²) in [6.45, 7) is 6.68. The van der Waals surface area contributed by atoms with Crippen LogP contribution in [0.3, 0.4) is 0 Å². The Balaban J connectivity index is 1.95. The molecule has 114 valence electrons. The van der Waals surface area contributed by atoms with Crippen LogP contribution in [0.1, 0.15) is 34.0 Å². The number of carbonyl (C=O) groups is 1. The fraction of sp³-hybridized carbons (Fsp3) is 0.467. The van der Waals surface area contributed by atoms with E-state index in [2.05, 4.69) is 29.5 Å². The molecule has 2 amide bonds. The molecule has 0 spiro atoms. The summed E-state index contributed by atoms with van der Waals surface area (Å²) in [5.41, 5.74) is 2.12. The van der Waals surface area contributed by atoms with Crippen molar-refractivity contribution in [1.29, 1.82) is 0 Å². The Morgan fingerprint density at radius 3 is 2.71 bits per heavy atom. The van der Waals surface area contributed by atoms with E-state index >= 15 is 0 Å². The van der Waals surface area contributed by atoms with Gasteiger partial charge in [-0.25, -0.2) is 4.79 Å². The molecule has 0 saturated carbocycles. The lowest BCUT2D eigenvalue weighted by Crippen LogP contribution is -2.38. The first kappa shape index (κ1) is 15.6. The van der Waals surface area contributed by atoms with Gasteiger partial charge in [-0.1, -0.05) is 0 Å². The number of hydrogen-bond acceptors (Lipinski definition) is 3. The van der Waals surface area contributed by atoms with E-state index in [1.807, 2.05) is 38.8 Å². The minimum atomic E-state index is -0.0724. The summed E-state index contributed by atoms with van der Waals surface area (Å²) in [6.07, 6.45) is 1.81. The highest BCUT2D eigenvalue weighted by Crippen LogP contribution is 2.18. The highest BCUT2D eigenvalue weighted by Gasteiger charge is 2.17. The molecule has 0 bridgehead atoms. The molecular weight excluding hydrogens is 284 g/mol. The van der Waals surface area contributed by atoms with Gasteiger partial charge in [-0.05, 0) is 32.9 Å². The van der Waals surface area contributed by atoms with Crippen LogP contribution in [-0.4, -0.2) is 27.8 Å². The summed E-state index contributed by atoms with van der Waals surface area (Å²) in [7, 11) is 3.71. The van der Waals surface area contributed by atoms with Gasteiger partial charge in [0.2, 0.25) is 0 Å². The molecule has 1 N–H and O–H groups in total. The van der Waals surface area contributed by atoms with E-state index in [0.717, 1.165) is 11.3 Å². The molecule has 0 aliphatic heterocycles. The van der Waals surface area contributed by atoms with Gasteiger partial charge in [0.05, 0.1) is 18.8 Å². The number of aryl methyl sites for hydroxylation is 2. The Hall–Kier alpha value is -1.82. The molecule has 5 nitrogen and oxygen atoms in total. The minimum absolute atomic E-state index is 0.0567. The Morgan fingerprint density at radius 1 is 1.48 bits per heavy atom. The lowest BCUT2D eigenvalue weighted by Gasteiger charge is -2.21. The first-order valence-electron chi connectivity index (χ1n) is 6.94. The zero-order valence-electron chi connectivity index (χ0n) is 13.2. The fourth-order valence-electron chi connectivity index (χ4n) is 2.19. The SMILES string of the molecule is Cc1ccc(CN(C)C(=O)NC(C)c2cnn(C)c2C)s1. The summed E-state index contributed by atoms with van der Waals surface area (Å²) in [6, 6.07) is 4.02. The smallest absolute Gasteiger partial charge is 0.317 e. The highest BCUT2D eigenvalue weighted by molar-refractivity contribution is 7.11. The zero-order valence-corrected chi connectivity index (χ0v) is 14.0. The quantitative estimate of drug-likeness (QED) is 0.944. The van der Waals surface area contributed by atoms with Gasteiger partial charge < -0.3 is 10.2 Å². The lowest BCUT2D eigenvalue weighted by molar-refractivity contribution is 0.204. The van der Waals surface area contributed by atoms with Crippen LogP contribution in [0.5, 0.6) is 0 Å². The highest BCUT2D eigenvalue weighted by atomic mass is 32.1. The van der Waals surface area contributed by atoms with Crippen molar-refractivity contribution in [3.8, 4) is 0 Å². The number of amides is 2. The summed E-state index contributed by atoms with van der Waals surface area (Å²) in [4.78, 5) is 16.4. The van der Waals surface area contributed by atoms with E-state index in [4.69, 9.17) is 0 Å². The Kier molecular flexibility index (Phi) is 4.67. The van der Waals surface area contributed by atoms with Crippen LogP contribution >= 0.6 is 11.3 Å². The number of rotatable bonds is 4. The largest absolute Gasteiger partial charge is 0.331 e.